The van der Waals surface area contributed by atoms with Crippen molar-refractivity contribution in [3.63, 3.8) is 0 Å². The molecule has 0 radical (unpaired) electrons. The average molecular weight is 332 g/mol. The van der Waals surface area contributed by atoms with Crippen molar-refractivity contribution in [2.24, 2.45) is 0 Å². The van der Waals surface area contributed by atoms with Crippen LogP contribution in [0.5, 0.6) is 0 Å². The van der Waals surface area contributed by atoms with E-state index in [4.69, 9.17) is 4.74 Å². The highest BCUT2D eigenvalue weighted by Crippen LogP contribution is 2.21. The quantitative estimate of drug-likeness (QED) is 0.515. The standard InChI is InChI=1S/C16H13FN2O5/c1-10(24-16(21)11-5-3-2-4-6-11)15(20)18-12-7-8-13(17)14(9-12)19(22)23/h2-10H,1H3,(H,18,20)/t10-/m1/s1. The second kappa shape index (κ2) is 7.32. The number of nitrogens with one attached hydrogen (secondary N) is 1. The van der Waals surface area contributed by atoms with E-state index in [9.17, 15) is 24.1 Å². The number of hydrogen-bond donors (Lipinski definition) is 1. The lowest BCUT2D eigenvalue weighted by Gasteiger charge is -2.13. The maximum absolute atomic E-state index is 13.3. The van der Waals surface area contributed by atoms with Crippen molar-refractivity contribution in [2.45, 2.75) is 13.0 Å². The molecular weight excluding hydrogens is 319 g/mol. The minimum Gasteiger partial charge on any atom is -0.449 e. The molecule has 0 saturated heterocycles. The van der Waals surface area contributed by atoms with Gasteiger partial charge in [0.25, 0.3) is 5.91 Å². The smallest absolute Gasteiger partial charge is 0.338 e. The Bertz CT molecular complexity index is 779. The number of carbonyl (C=O) groups is 2. The summed E-state index contributed by atoms with van der Waals surface area (Å²) in [5, 5.41) is 13.0. The third-order valence-corrected chi connectivity index (χ3v) is 3.07. The molecule has 24 heavy (non-hydrogen) atoms. The first-order valence-corrected chi connectivity index (χ1v) is 6.89. The fourth-order valence-electron chi connectivity index (χ4n) is 1.83. The number of carbonyl (C=O) groups excluding carboxylic acids is 2. The molecular formula is C16H13FN2O5. The first kappa shape index (κ1) is 17.1. The summed E-state index contributed by atoms with van der Waals surface area (Å²) in [7, 11) is 0. The lowest BCUT2D eigenvalue weighted by molar-refractivity contribution is -0.387. The molecule has 7 nitrogen and oxygen atoms in total. The Labute approximate surface area is 136 Å². The van der Waals surface area contributed by atoms with Gasteiger partial charge in [-0.15, -0.1) is 0 Å². The lowest BCUT2D eigenvalue weighted by atomic mass is 10.2. The number of hydrogen-bond acceptors (Lipinski definition) is 5. The third kappa shape index (κ3) is 4.13. The number of esters is 1. The number of benzene rings is 2. The van der Waals surface area contributed by atoms with Crippen molar-refractivity contribution in [3.05, 3.63) is 70.0 Å². The van der Waals surface area contributed by atoms with Crippen LogP contribution in [0.4, 0.5) is 15.8 Å². The van der Waals surface area contributed by atoms with Crippen LogP contribution in [0.1, 0.15) is 17.3 Å². The Balaban J connectivity index is 2.03. The van der Waals surface area contributed by atoms with Gasteiger partial charge in [-0.2, -0.15) is 4.39 Å². The van der Waals surface area contributed by atoms with Gasteiger partial charge in [0, 0.05) is 11.8 Å². The number of nitrogens with zero attached hydrogens (tertiary/aromatic N) is 1. The maximum Gasteiger partial charge on any atom is 0.338 e. The predicted octanol–water partition coefficient (Wildman–Crippen LogP) is 2.92. The normalized spacial score (nSPS) is 11.4. The van der Waals surface area contributed by atoms with Crippen molar-refractivity contribution in [1.82, 2.24) is 0 Å². The predicted molar refractivity (Wildman–Crippen MR) is 83.0 cm³/mol. The number of rotatable bonds is 5. The van der Waals surface area contributed by atoms with Crippen molar-refractivity contribution < 1.29 is 23.6 Å². The molecule has 124 valence electrons. The second-order valence-corrected chi connectivity index (χ2v) is 4.83. The molecule has 0 aliphatic heterocycles. The summed E-state index contributed by atoms with van der Waals surface area (Å²) in [6.07, 6.45) is -1.14. The summed E-state index contributed by atoms with van der Waals surface area (Å²) in [4.78, 5) is 33.6. The fraction of sp³-hybridized carbons (Fsp3) is 0.125. The number of nitro groups is 1. The molecule has 0 saturated carbocycles. The van der Waals surface area contributed by atoms with E-state index in [1.54, 1.807) is 18.2 Å². The van der Waals surface area contributed by atoms with Gasteiger partial charge in [0.05, 0.1) is 10.5 Å². The van der Waals surface area contributed by atoms with E-state index in [1.165, 1.54) is 25.1 Å². The van der Waals surface area contributed by atoms with Crippen LogP contribution in [0.2, 0.25) is 0 Å². The van der Waals surface area contributed by atoms with Gasteiger partial charge in [0.1, 0.15) is 0 Å². The molecule has 0 aliphatic carbocycles. The highest BCUT2D eigenvalue weighted by atomic mass is 19.1. The first-order chi connectivity index (χ1) is 11.4. The summed E-state index contributed by atoms with van der Waals surface area (Å²) in [6, 6.07) is 11.0. The van der Waals surface area contributed by atoms with Gasteiger partial charge in [-0.25, -0.2) is 4.79 Å². The molecule has 0 unspecified atom stereocenters. The topological polar surface area (TPSA) is 98.5 Å². The highest BCUT2D eigenvalue weighted by Gasteiger charge is 2.21. The Hall–Kier alpha value is -3.29. The Morgan fingerprint density at radius 1 is 1.21 bits per heavy atom. The zero-order valence-corrected chi connectivity index (χ0v) is 12.6. The van der Waals surface area contributed by atoms with Crippen LogP contribution < -0.4 is 5.32 Å². The van der Waals surface area contributed by atoms with Gasteiger partial charge in [-0.1, -0.05) is 18.2 Å². The van der Waals surface area contributed by atoms with E-state index in [-0.39, 0.29) is 11.3 Å². The van der Waals surface area contributed by atoms with Gasteiger partial charge >= 0.3 is 11.7 Å². The zero-order valence-electron chi connectivity index (χ0n) is 12.6. The number of nitro benzene ring substituents is 1. The van der Waals surface area contributed by atoms with E-state index in [0.717, 1.165) is 12.1 Å². The summed E-state index contributed by atoms with van der Waals surface area (Å²) in [5.74, 6) is -2.38. The molecule has 0 heterocycles. The minimum absolute atomic E-state index is 0.0238. The van der Waals surface area contributed by atoms with Crippen LogP contribution in [0, 0.1) is 15.9 Å². The number of amides is 1. The van der Waals surface area contributed by atoms with Gasteiger partial charge in [-0.3, -0.25) is 14.9 Å². The number of anilines is 1. The van der Waals surface area contributed by atoms with Crippen LogP contribution in [0.3, 0.4) is 0 Å². The Morgan fingerprint density at radius 2 is 1.88 bits per heavy atom. The van der Waals surface area contributed by atoms with E-state index in [2.05, 4.69) is 5.32 Å². The third-order valence-electron chi connectivity index (χ3n) is 3.07. The summed E-state index contributed by atoms with van der Waals surface area (Å²) >= 11 is 0. The Kier molecular flexibility index (Phi) is 5.20. The van der Waals surface area contributed by atoms with Gasteiger partial charge in [0.2, 0.25) is 5.82 Å². The van der Waals surface area contributed by atoms with E-state index >= 15 is 0 Å². The summed E-state index contributed by atoms with van der Waals surface area (Å²) in [5.41, 5.74) is -0.452. The molecule has 0 aromatic heterocycles. The molecule has 1 amide bonds. The fourth-order valence-corrected chi connectivity index (χ4v) is 1.83. The molecule has 8 heteroatoms. The molecule has 0 spiro atoms. The molecule has 0 aliphatic rings. The average Bonchev–Trinajstić information content (AvgIpc) is 2.57. The molecule has 0 bridgehead atoms. The molecule has 1 atom stereocenters. The largest absolute Gasteiger partial charge is 0.449 e. The summed E-state index contributed by atoms with van der Waals surface area (Å²) < 4.78 is 18.3. The molecule has 1 N–H and O–H groups in total. The monoisotopic (exact) mass is 332 g/mol. The number of halogens is 1. The number of ether oxygens (including phenoxy) is 1. The maximum atomic E-state index is 13.3. The Morgan fingerprint density at radius 3 is 2.50 bits per heavy atom. The van der Waals surface area contributed by atoms with Crippen LogP contribution in [-0.4, -0.2) is 22.9 Å². The minimum atomic E-state index is -1.14. The molecule has 0 fully saturated rings. The zero-order chi connectivity index (χ0) is 17.7. The van der Waals surface area contributed by atoms with Gasteiger partial charge in [0.15, 0.2) is 6.10 Å². The van der Waals surface area contributed by atoms with E-state index in [0.29, 0.717) is 0 Å². The van der Waals surface area contributed by atoms with Crippen molar-refractivity contribution >= 4 is 23.3 Å². The summed E-state index contributed by atoms with van der Waals surface area (Å²) in [6.45, 7) is 1.36. The van der Waals surface area contributed by atoms with Gasteiger partial charge in [-0.05, 0) is 31.2 Å². The van der Waals surface area contributed by atoms with Crippen LogP contribution in [-0.2, 0) is 9.53 Å². The molecule has 2 aromatic rings. The van der Waals surface area contributed by atoms with Crippen molar-refractivity contribution in [2.75, 3.05) is 5.32 Å². The van der Waals surface area contributed by atoms with E-state index < -0.39 is 34.4 Å². The molecule has 2 rings (SSSR count). The second-order valence-electron chi connectivity index (χ2n) is 4.83. The first-order valence-electron chi connectivity index (χ1n) is 6.89. The van der Waals surface area contributed by atoms with Crippen LogP contribution >= 0.6 is 0 Å². The SMILES string of the molecule is C[C@@H](OC(=O)c1ccccc1)C(=O)Nc1ccc(F)c([N+](=O)[O-])c1. The van der Waals surface area contributed by atoms with Crippen LogP contribution in [0.25, 0.3) is 0 Å². The van der Waals surface area contributed by atoms with Crippen molar-refractivity contribution in [3.8, 4) is 0 Å². The highest BCUT2D eigenvalue weighted by molar-refractivity contribution is 5.97. The lowest BCUT2D eigenvalue weighted by Crippen LogP contribution is -2.30. The van der Waals surface area contributed by atoms with Crippen LogP contribution in [0.15, 0.2) is 48.5 Å². The van der Waals surface area contributed by atoms with Crippen molar-refractivity contribution in [1.29, 1.82) is 0 Å². The molecule has 2 aromatic carbocycles. The van der Waals surface area contributed by atoms with Gasteiger partial charge < -0.3 is 10.1 Å². The van der Waals surface area contributed by atoms with E-state index in [1.807, 2.05) is 0 Å².